The molecule has 0 saturated carbocycles. The number of hydrazone groups is 1. The number of aromatic nitrogens is 2. The maximum Gasteiger partial charge on any atom is 0.307 e. The Morgan fingerprint density at radius 2 is 1.95 bits per heavy atom. The van der Waals surface area contributed by atoms with E-state index in [0.717, 1.165) is 15.6 Å². The van der Waals surface area contributed by atoms with Gasteiger partial charge in [0.05, 0.1) is 22.9 Å². The largest absolute Gasteiger partial charge is 0.481 e. The van der Waals surface area contributed by atoms with E-state index in [0.29, 0.717) is 34.5 Å². The number of carbonyl (C=O) groups is 2. The van der Waals surface area contributed by atoms with E-state index < -0.39 is 12.0 Å². The molecule has 0 aliphatic rings. The molecule has 2 amide bonds. The summed E-state index contributed by atoms with van der Waals surface area (Å²) in [5.74, 6) is 0.574. The second kappa shape index (κ2) is 12.1. The summed E-state index contributed by atoms with van der Waals surface area (Å²) in [6.07, 6.45) is 2.77. The molecule has 1 atom stereocenters. The first kappa shape index (κ1) is 27.2. The molecule has 2 heterocycles. The number of rotatable bonds is 9. The number of nitrogens with one attached hydrogen (secondary N) is 2. The van der Waals surface area contributed by atoms with Crippen LogP contribution < -0.4 is 15.5 Å². The Kier molecular flexibility index (Phi) is 8.65. The van der Waals surface area contributed by atoms with E-state index in [2.05, 4.69) is 36.9 Å². The Bertz CT molecular complexity index is 1480. The van der Waals surface area contributed by atoms with Gasteiger partial charge in [-0.25, -0.2) is 5.43 Å². The molecule has 9 nitrogen and oxygen atoms in total. The zero-order valence-electron chi connectivity index (χ0n) is 20.9. The van der Waals surface area contributed by atoms with Gasteiger partial charge in [-0.1, -0.05) is 23.7 Å². The molecule has 196 valence electrons. The van der Waals surface area contributed by atoms with Gasteiger partial charge in [-0.3, -0.25) is 14.3 Å². The van der Waals surface area contributed by atoms with Crippen LogP contribution in [0, 0.1) is 6.92 Å². The quantitative estimate of drug-likeness (QED) is 0.187. The predicted molar refractivity (Wildman–Crippen MR) is 149 cm³/mol. The van der Waals surface area contributed by atoms with Gasteiger partial charge in [0.25, 0.3) is 5.91 Å². The highest BCUT2D eigenvalue weighted by Gasteiger charge is 2.16. The van der Waals surface area contributed by atoms with Crippen LogP contribution in [0.3, 0.4) is 0 Å². The summed E-state index contributed by atoms with van der Waals surface area (Å²) < 4.78 is 13.9. The monoisotopic (exact) mass is 597 g/mol. The lowest BCUT2D eigenvalue weighted by atomic mass is 10.1. The minimum atomic E-state index is -0.711. The molecule has 4 rings (SSSR count). The fraction of sp³-hybridized carbons (Fsp3) is 0.185. The van der Waals surface area contributed by atoms with Gasteiger partial charge >= 0.3 is 5.91 Å². The lowest BCUT2D eigenvalue weighted by molar-refractivity contribution is -0.122. The van der Waals surface area contributed by atoms with E-state index >= 15 is 0 Å². The first-order chi connectivity index (χ1) is 18.2. The Hall–Kier alpha value is -3.89. The molecule has 4 aromatic rings. The van der Waals surface area contributed by atoms with Gasteiger partial charge in [-0.15, -0.1) is 0 Å². The second-order valence-electron chi connectivity index (χ2n) is 8.50. The molecule has 2 aromatic carbocycles. The maximum absolute atomic E-state index is 12.6. The van der Waals surface area contributed by atoms with Crippen LogP contribution in [0.2, 0.25) is 5.02 Å². The van der Waals surface area contributed by atoms with Crippen LogP contribution in [0.1, 0.15) is 41.3 Å². The van der Waals surface area contributed by atoms with Crippen molar-refractivity contribution < 1.29 is 18.7 Å². The van der Waals surface area contributed by atoms with Crippen LogP contribution in [0.5, 0.6) is 5.75 Å². The number of anilines is 1. The molecule has 0 aliphatic heterocycles. The zero-order chi connectivity index (χ0) is 27.2. The Labute approximate surface area is 232 Å². The summed E-state index contributed by atoms with van der Waals surface area (Å²) in [5, 5.41) is 11.8. The normalized spacial score (nSPS) is 12.2. The van der Waals surface area contributed by atoms with Crippen LogP contribution in [0.25, 0.3) is 0 Å². The summed E-state index contributed by atoms with van der Waals surface area (Å²) in [6.45, 7) is 5.71. The number of aryl methyl sites for hydroxylation is 1. The van der Waals surface area contributed by atoms with E-state index in [4.69, 9.17) is 20.8 Å². The number of ether oxygens (including phenoxy) is 1. The highest BCUT2D eigenvalue weighted by Crippen LogP contribution is 2.23. The van der Waals surface area contributed by atoms with E-state index in [1.54, 1.807) is 79.3 Å². The third kappa shape index (κ3) is 7.11. The van der Waals surface area contributed by atoms with E-state index in [9.17, 15) is 9.59 Å². The Morgan fingerprint density at radius 1 is 1.18 bits per heavy atom. The van der Waals surface area contributed by atoms with Crippen molar-refractivity contribution in [1.29, 1.82) is 0 Å². The summed E-state index contributed by atoms with van der Waals surface area (Å²) in [4.78, 5) is 25.0. The van der Waals surface area contributed by atoms with Crippen molar-refractivity contribution in [1.82, 2.24) is 15.2 Å². The molecule has 0 saturated heterocycles. The molecule has 0 unspecified atom stereocenters. The number of hydrogen-bond donors (Lipinski definition) is 2. The molecule has 0 spiro atoms. The molecule has 2 N–H and O–H groups in total. The van der Waals surface area contributed by atoms with Gasteiger partial charge in [-0.05, 0) is 90.3 Å². The molecule has 0 aliphatic carbocycles. The topological polar surface area (TPSA) is 111 Å². The zero-order valence-corrected chi connectivity index (χ0v) is 23.2. The van der Waals surface area contributed by atoms with E-state index in [1.807, 2.05) is 13.1 Å². The van der Waals surface area contributed by atoms with Crippen LogP contribution >= 0.6 is 27.5 Å². The predicted octanol–water partition coefficient (Wildman–Crippen LogP) is 5.81. The minimum Gasteiger partial charge on any atom is -0.481 e. The van der Waals surface area contributed by atoms with Crippen molar-refractivity contribution in [3.63, 3.8) is 0 Å². The SMILES string of the molecule is CC(=NNC(=O)c1ccc(Cn2cc(Br)cn2)o1)c1ccc(NC(=O)[C@H](C)Oc2ccc(Cl)cc2C)cc1. The standard InChI is InChI=1S/C27H25BrClN5O4/c1-16-12-21(29)6-10-24(16)37-18(3)26(35)31-22-7-4-19(5-8-22)17(2)32-33-27(36)25-11-9-23(38-25)15-34-14-20(28)13-30-34/h4-14,18H,15H2,1-3H3,(H,31,35)(H,33,36)/t18-/m0/s1. The van der Waals surface area contributed by atoms with Gasteiger partial charge in [-0.2, -0.15) is 10.2 Å². The van der Waals surface area contributed by atoms with Crippen molar-refractivity contribution in [3.8, 4) is 5.75 Å². The molecule has 2 aromatic heterocycles. The van der Waals surface area contributed by atoms with E-state index in [-0.39, 0.29) is 11.7 Å². The number of halogens is 2. The van der Waals surface area contributed by atoms with Crippen molar-refractivity contribution >= 4 is 50.7 Å². The Balaban J connectivity index is 1.30. The van der Waals surface area contributed by atoms with Crippen molar-refractivity contribution in [2.75, 3.05) is 5.32 Å². The molecule has 38 heavy (non-hydrogen) atoms. The second-order valence-corrected chi connectivity index (χ2v) is 9.85. The summed E-state index contributed by atoms with van der Waals surface area (Å²) >= 11 is 9.32. The number of hydrogen-bond acceptors (Lipinski definition) is 6. The average Bonchev–Trinajstić information content (AvgIpc) is 3.53. The number of benzene rings is 2. The highest BCUT2D eigenvalue weighted by molar-refractivity contribution is 9.10. The maximum atomic E-state index is 12.6. The summed E-state index contributed by atoms with van der Waals surface area (Å²) in [6, 6.07) is 15.6. The van der Waals surface area contributed by atoms with Crippen molar-refractivity contribution in [2.24, 2.45) is 5.10 Å². The van der Waals surface area contributed by atoms with Gasteiger partial charge in [0.15, 0.2) is 11.9 Å². The summed E-state index contributed by atoms with van der Waals surface area (Å²) in [7, 11) is 0. The number of nitrogens with zero attached hydrogens (tertiary/aromatic N) is 3. The fourth-order valence-electron chi connectivity index (χ4n) is 3.45. The molecule has 11 heteroatoms. The fourth-order valence-corrected chi connectivity index (χ4v) is 4.01. The first-order valence-corrected chi connectivity index (χ1v) is 12.8. The van der Waals surface area contributed by atoms with Crippen molar-refractivity contribution in [3.05, 3.63) is 99.1 Å². The summed E-state index contributed by atoms with van der Waals surface area (Å²) in [5.41, 5.74) is 5.31. The lowest BCUT2D eigenvalue weighted by Gasteiger charge is -2.16. The van der Waals surface area contributed by atoms with Crippen molar-refractivity contribution in [2.45, 2.75) is 33.4 Å². The van der Waals surface area contributed by atoms with Crippen LogP contribution in [0.15, 0.2) is 81.0 Å². The minimum absolute atomic E-state index is 0.144. The molecular formula is C27H25BrClN5O4. The number of furan rings is 1. The molecular weight excluding hydrogens is 574 g/mol. The van der Waals surface area contributed by atoms with Gasteiger partial charge < -0.3 is 14.5 Å². The number of carbonyl (C=O) groups excluding carboxylic acids is 2. The smallest absolute Gasteiger partial charge is 0.307 e. The van der Waals surface area contributed by atoms with Crippen LogP contribution in [-0.4, -0.2) is 33.4 Å². The third-order valence-corrected chi connectivity index (χ3v) is 6.15. The third-order valence-electron chi connectivity index (χ3n) is 5.51. The molecule has 0 bridgehead atoms. The van der Waals surface area contributed by atoms with Crippen LogP contribution in [-0.2, 0) is 11.3 Å². The average molecular weight is 599 g/mol. The highest BCUT2D eigenvalue weighted by atomic mass is 79.9. The van der Waals surface area contributed by atoms with Gasteiger partial charge in [0.2, 0.25) is 0 Å². The first-order valence-electron chi connectivity index (χ1n) is 11.6. The molecule has 0 fully saturated rings. The van der Waals surface area contributed by atoms with Gasteiger partial charge in [0, 0.05) is 16.9 Å². The Morgan fingerprint density at radius 3 is 2.63 bits per heavy atom. The lowest BCUT2D eigenvalue weighted by Crippen LogP contribution is -2.30. The van der Waals surface area contributed by atoms with Crippen LogP contribution in [0.4, 0.5) is 5.69 Å². The van der Waals surface area contributed by atoms with Gasteiger partial charge in [0.1, 0.15) is 11.5 Å². The van der Waals surface area contributed by atoms with E-state index in [1.165, 1.54) is 0 Å². The number of amides is 2. The molecule has 0 radical (unpaired) electrons.